The van der Waals surface area contributed by atoms with Crippen molar-refractivity contribution in [3.05, 3.63) is 29.5 Å². The zero-order chi connectivity index (χ0) is 10.1. The van der Waals surface area contributed by atoms with Crippen LogP contribution in [0.5, 0.6) is 5.75 Å². The first kappa shape index (κ1) is 8.81. The summed E-state index contributed by atoms with van der Waals surface area (Å²) in [6.07, 6.45) is 2.56. The van der Waals surface area contributed by atoms with Crippen LogP contribution in [0.25, 0.3) is 10.9 Å². The number of aryl methyl sites for hydroxylation is 1. The van der Waals surface area contributed by atoms with Gasteiger partial charge in [-0.1, -0.05) is 0 Å². The topological polar surface area (TPSA) is 42.1 Å². The lowest BCUT2D eigenvalue weighted by atomic mass is 10.1. The van der Waals surface area contributed by atoms with Crippen LogP contribution >= 0.6 is 0 Å². The second kappa shape index (κ2) is 3.18. The van der Waals surface area contributed by atoms with Gasteiger partial charge in [0.25, 0.3) is 0 Å². The summed E-state index contributed by atoms with van der Waals surface area (Å²) in [6.45, 7) is 1.95. The summed E-state index contributed by atoms with van der Waals surface area (Å²) < 4.78 is 5.19. The molecule has 0 aliphatic carbocycles. The number of hydrogen-bond donors (Lipinski definition) is 1. The number of hydrogen-bond acceptors (Lipinski definition) is 2. The van der Waals surface area contributed by atoms with E-state index in [-0.39, 0.29) is 0 Å². The third-order valence-electron chi connectivity index (χ3n) is 2.43. The molecule has 1 aromatic carbocycles. The molecule has 0 saturated heterocycles. The molecule has 3 nitrogen and oxygen atoms in total. The minimum absolute atomic E-state index is 0.677. The van der Waals surface area contributed by atoms with E-state index in [0.29, 0.717) is 5.56 Å². The number of H-pyrrole nitrogens is 1. The predicted octanol–water partition coefficient (Wildman–Crippen LogP) is 2.30. The Balaban J connectivity index is 2.83. The van der Waals surface area contributed by atoms with Crippen LogP contribution in [0.2, 0.25) is 0 Å². The van der Waals surface area contributed by atoms with Crippen molar-refractivity contribution in [2.24, 2.45) is 0 Å². The molecule has 0 aliphatic rings. The fourth-order valence-corrected chi connectivity index (χ4v) is 1.73. The summed E-state index contributed by atoms with van der Waals surface area (Å²) in [7, 11) is 1.63. The second-order valence-corrected chi connectivity index (χ2v) is 3.18. The van der Waals surface area contributed by atoms with Gasteiger partial charge < -0.3 is 9.72 Å². The molecule has 0 bridgehead atoms. The standard InChI is InChI=1S/C11H11NO2/c1-7-10(14-2)4-3-9-11(7)8(6-13)5-12-9/h3-6,12H,1-2H3. The molecule has 2 rings (SSSR count). The van der Waals surface area contributed by atoms with Crippen LogP contribution in [0.15, 0.2) is 18.3 Å². The first-order valence-electron chi connectivity index (χ1n) is 4.37. The highest BCUT2D eigenvalue weighted by Crippen LogP contribution is 2.28. The average Bonchev–Trinajstić information content (AvgIpc) is 2.62. The Kier molecular flexibility index (Phi) is 2.00. The number of aromatic nitrogens is 1. The minimum atomic E-state index is 0.677. The number of aromatic amines is 1. The lowest BCUT2D eigenvalue weighted by Crippen LogP contribution is -1.88. The van der Waals surface area contributed by atoms with E-state index in [2.05, 4.69) is 4.98 Å². The van der Waals surface area contributed by atoms with E-state index in [1.807, 2.05) is 19.1 Å². The molecule has 14 heavy (non-hydrogen) atoms. The van der Waals surface area contributed by atoms with Crippen molar-refractivity contribution < 1.29 is 9.53 Å². The Hall–Kier alpha value is -1.77. The molecular formula is C11H11NO2. The van der Waals surface area contributed by atoms with E-state index in [0.717, 1.165) is 28.5 Å². The molecule has 3 heteroatoms. The predicted molar refractivity (Wildman–Crippen MR) is 55.0 cm³/mol. The summed E-state index contributed by atoms with van der Waals surface area (Å²) in [5.74, 6) is 0.806. The Morgan fingerprint density at radius 1 is 1.43 bits per heavy atom. The van der Waals surface area contributed by atoms with E-state index in [9.17, 15) is 4.79 Å². The van der Waals surface area contributed by atoms with Crippen LogP contribution in [-0.2, 0) is 0 Å². The van der Waals surface area contributed by atoms with Gasteiger partial charge in [-0.25, -0.2) is 0 Å². The van der Waals surface area contributed by atoms with Crippen LogP contribution in [0.4, 0.5) is 0 Å². The van der Waals surface area contributed by atoms with Gasteiger partial charge in [-0.3, -0.25) is 4.79 Å². The van der Waals surface area contributed by atoms with Gasteiger partial charge in [-0.15, -0.1) is 0 Å². The van der Waals surface area contributed by atoms with Crippen LogP contribution in [0, 0.1) is 6.92 Å². The molecule has 1 N–H and O–H groups in total. The molecule has 0 unspecified atom stereocenters. The number of ether oxygens (including phenoxy) is 1. The number of rotatable bonds is 2. The van der Waals surface area contributed by atoms with Crippen molar-refractivity contribution in [1.29, 1.82) is 0 Å². The number of carbonyl (C=O) groups excluding carboxylic acids is 1. The maximum atomic E-state index is 10.8. The van der Waals surface area contributed by atoms with Crippen LogP contribution in [0.1, 0.15) is 15.9 Å². The van der Waals surface area contributed by atoms with E-state index in [1.54, 1.807) is 13.3 Å². The maximum absolute atomic E-state index is 10.8. The molecule has 0 aliphatic heterocycles. The Labute approximate surface area is 81.7 Å². The van der Waals surface area contributed by atoms with Crippen LogP contribution < -0.4 is 4.74 Å². The maximum Gasteiger partial charge on any atom is 0.152 e. The normalized spacial score (nSPS) is 10.4. The van der Waals surface area contributed by atoms with Gasteiger partial charge in [0.15, 0.2) is 6.29 Å². The molecule has 0 fully saturated rings. The summed E-state index contributed by atoms with van der Waals surface area (Å²) in [4.78, 5) is 13.8. The number of aldehydes is 1. The third kappa shape index (κ3) is 1.09. The molecule has 0 spiro atoms. The molecule has 0 atom stereocenters. The number of benzene rings is 1. The van der Waals surface area contributed by atoms with Gasteiger partial charge in [-0.2, -0.15) is 0 Å². The second-order valence-electron chi connectivity index (χ2n) is 3.18. The highest BCUT2D eigenvalue weighted by Gasteiger charge is 2.08. The SMILES string of the molecule is COc1ccc2[nH]cc(C=O)c2c1C. The largest absolute Gasteiger partial charge is 0.496 e. The van der Waals surface area contributed by atoms with Gasteiger partial charge in [0.2, 0.25) is 0 Å². The van der Waals surface area contributed by atoms with Crippen molar-refractivity contribution >= 4 is 17.2 Å². The number of carbonyl (C=O) groups is 1. The summed E-state index contributed by atoms with van der Waals surface area (Å²) in [5, 5.41) is 0.944. The van der Waals surface area contributed by atoms with E-state index in [1.165, 1.54) is 0 Å². The minimum Gasteiger partial charge on any atom is -0.496 e. The smallest absolute Gasteiger partial charge is 0.152 e. The molecule has 1 heterocycles. The zero-order valence-corrected chi connectivity index (χ0v) is 8.13. The lowest BCUT2D eigenvalue weighted by molar-refractivity contribution is 0.112. The molecule has 2 aromatic rings. The number of methoxy groups -OCH3 is 1. The quantitative estimate of drug-likeness (QED) is 0.736. The molecule has 0 saturated carbocycles. The highest BCUT2D eigenvalue weighted by molar-refractivity contribution is 6.00. The third-order valence-corrected chi connectivity index (χ3v) is 2.43. The van der Waals surface area contributed by atoms with E-state index >= 15 is 0 Å². The highest BCUT2D eigenvalue weighted by atomic mass is 16.5. The van der Waals surface area contributed by atoms with Crippen molar-refractivity contribution in [2.75, 3.05) is 7.11 Å². The Morgan fingerprint density at radius 2 is 2.21 bits per heavy atom. The number of nitrogens with one attached hydrogen (secondary N) is 1. The van der Waals surface area contributed by atoms with Gasteiger partial charge >= 0.3 is 0 Å². The van der Waals surface area contributed by atoms with Crippen molar-refractivity contribution in [3.8, 4) is 5.75 Å². The van der Waals surface area contributed by atoms with Crippen LogP contribution in [0.3, 0.4) is 0 Å². The average molecular weight is 189 g/mol. The summed E-state index contributed by atoms with van der Waals surface area (Å²) in [5.41, 5.74) is 2.63. The van der Waals surface area contributed by atoms with Crippen molar-refractivity contribution in [2.45, 2.75) is 6.92 Å². The van der Waals surface area contributed by atoms with Crippen molar-refractivity contribution in [3.63, 3.8) is 0 Å². The van der Waals surface area contributed by atoms with Gasteiger partial charge in [0, 0.05) is 28.2 Å². The fourth-order valence-electron chi connectivity index (χ4n) is 1.73. The Bertz CT molecular complexity index is 485. The first-order valence-corrected chi connectivity index (χ1v) is 4.37. The number of fused-ring (bicyclic) bond motifs is 1. The van der Waals surface area contributed by atoms with E-state index in [4.69, 9.17) is 4.74 Å². The lowest BCUT2D eigenvalue weighted by Gasteiger charge is -2.05. The summed E-state index contributed by atoms with van der Waals surface area (Å²) >= 11 is 0. The molecular weight excluding hydrogens is 178 g/mol. The molecule has 72 valence electrons. The molecule has 0 amide bonds. The molecule has 0 radical (unpaired) electrons. The van der Waals surface area contributed by atoms with Crippen molar-refractivity contribution in [1.82, 2.24) is 4.98 Å². The van der Waals surface area contributed by atoms with Crippen LogP contribution in [-0.4, -0.2) is 18.4 Å². The Morgan fingerprint density at radius 3 is 2.86 bits per heavy atom. The fraction of sp³-hybridized carbons (Fsp3) is 0.182. The monoisotopic (exact) mass is 189 g/mol. The first-order chi connectivity index (χ1) is 6.77. The molecule has 1 aromatic heterocycles. The summed E-state index contributed by atoms with van der Waals surface area (Å²) in [6, 6.07) is 3.80. The van der Waals surface area contributed by atoms with Gasteiger partial charge in [-0.05, 0) is 19.1 Å². The van der Waals surface area contributed by atoms with E-state index < -0.39 is 0 Å². The zero-order valence-electron chi connectivity index (χ0n) is 8.13. The van der Waals surface area contributed by atoms with Gasteiger partial charge in [0.05, 0.1) is 7.11 Å². The van der Waals surface area contributed by atoms with Gasteiger partial charge in [0.1, 0.15) is 5.75 Å².